The van der Waals surface area contributed by atoms with Gasteiger partial charge in [0.05, 0.1) is 5.92 Å². The van der Waals surface area contributed by atoms with Gasteiger partial charge in [-0.05, 0) is 24.7 Å². The number of hydrogen-bond acceptors (Lipinski definition) is 2. The second-order valence-corrected chi connectivity index (χ2v) is 6.37. The van der Waals surface area contributed by atoms with Gasteiger partial charge in [-0.2, -0.15) is 0 Å². The third-order valence-electron chi connectivity index (χ3n) is 4.59. The van der Waals surface area contributed by atoms with E-state index in [4.69, 9.17) is 0 Å². The Bertz CT molecular complexity index is 328. The molecule has 2 N–H and O–H groups in total. The van der Waals surface area contributed by atoms with Crippen LogP contribution in [-0.4, -0.2) is 23.0 Å². The zero-order chi connectivity index (χ0) is 15.1. The molecule has 1 amide bonds. The highest BCUT2D eigenvalue weighted by Gasteiger charge is 2.31. The lowest BCUT2D eigenvalue weighted by atomic mass is 9.89. The van der Waals surface area contributed by atoms with Gasteiger partial charge in [0.25, 0.3) is 0 Å². The molecule has 0 heterocycles. The Morgan fingerprint density at radius 3 is 2.40 bits per heavy atom. The third-order valence-corrected chi connectivity index (χ3v) is 4.59. The van der Waals surface area contributed by atoms with Crippen molar-refractivity contribution in [3.8, 4) is 0 Å². The Hall–Kier alpha value is -1.06. The van der Waals surface area contributed by atoms with Gasteiger partial charge in [0.1, 0.15) is 0 Å². The van der Waals surface area contributed by atoms with Gasteiger partial charge in [-0.25, -0.2) is 0 Å². The molecule has 1 fully saturated rings. The molecule has 1 saturated carbocycles. The van der Waals surface area contributed by atoms with Crippen LogP contribution in [0.3, 0.4) is 0 Å². The number of amides is 1. The quantitative estimate of drug-likeness (QED) is 0.736. The van der Waals surface area contributed by atoms with Crippen LogP contribution in [-0.2, 0) is 9.59 Å². The van der Waals surface area contributed by atoms with Crippen molar-refractivity contribution in [2.24, 2.45) is 17.8 Å². The Balaban J connectivity index is 2.59. The molecule has 0 aromatic carbocycles. The lowest BCUT2D eigenvalue weighted by Gasteiger charge is -2.25. The van der Waals surface area contributed by atoms with Crippen LogP contribution < -0.4 is 5.32 Å². The van der Waals surface area contributed by atoms with E-state index in [1.807, 2.05) is 0 Å². The van der Waals surface area contributed by atoms with Crippen LogP contribution in [0.5, 0.6) is 0 Å². The first-order valence-corrected chi connectivity index (χ1v) is 7.97. The van der Waals surface area contributed by atoms with Crippen LogP contribution in [0, 0.1) is 17.8 Å². The van der Waals surface area contributed by atoms with Crippen molar-refractivity contribution in [2.75, 3.05) is 0 Å². The minimum Gasteiger partial charge on any atom is -0.481 e. The minimum atomic E-state index is -0.770. The monoisotopic (exact) mass is 283 g/mol. The molecule has 0 saturated heterocycles. The first-order chi connectivity index (χ1) is 9.45. The van der Waals surface area contributed by atoms with Crippen molar-refractivity contribution in [3.05, 3.63) is 0 Å². The minimum absolute atomic E-state index is 0.0173. The fourth-order valence-electron chi connectivity index (χ4n) is 3.13. The average Bonchev–Trinajstić information content (AvgIpc) is 2.61. The summed E-state index contributed by atoms with van der Waals surface area (Å²) in [7, 11) is 0. The van der Waals surface area contributed by atoms with Gasteiger partial charge < -0.3 is 10.4 Å². The molecule has 0 aliphatic heterocycles. The van der Waals surface area contributed by atoms with Crippen molar-refractivity contribution in [1.29, 1.82) is 0 Å². The van der Waals surface area contributed by atoms with Gasteiger partial charge in [-0.15, -0.1) is 0 Å². The Labute approximate surface area is 122 Å². The molecule has 0 aromatic rings. The number of carboxylic acid groups (broad SMARTS) is 1. The van der Waals surface area contributed by atoms with E-state index in [9.17, 15) is 14.7 Å². The van der Waals surface area contributed by atoms with E-state index in [1.54, 1.807) is 0 Å². The molecular weight excluding hydrogens is 254 g/mol. The standard InChI is InChI=1S/C16H29NO3/c1-4-12(11(2)3)10-15(18)17-14-9-7-5-6-8-13(14)16(19)20/h11-14H,4-10H2,1-3H3,(H,17,18)(H,19,20)/t12?,13-,14+/m1/s1. The number of hydrogen-bond donors (Lipinski definition) is 2. The van der Waals surface area contributed by atoms with E-state index < -0.39 is 11.9 Å². The fourth-order valence-corrected chi connectivity index (χ4v) is 3.13. The van der Waals surface area contributed by atoms with E-state index in [1.165, 1.54) is 0 Å². The van der Waals surface area contributed by atoms with Crippen LogP contribution in [0.2, 0.25) is 0 Å². The SMILES string of the molecule is CCC(CC(=O)N[C@H]1CCCCC[C@H]1C(=O)O)C(C)C. The van der Waals surface area contributed by atoms with E-state index in [-0.39, 0.29) is 11.9 Å². The second kappa shape index (κ2) is 8.28. The summed E-state index contributed by atoms with van der Waals surface area (Å²) in [5.74, 6) is -0.309. The molecule has 1 unspecified atom stereocenters. The van der Waals surface area contributed by atoms with Gasteiger partial charge in [-0.3, -0.25) is 9.59 Å². The van der Waals surface area contributed by atoms with Crippen LogP contribution in [0.25, 0.3) is 0 Å². The number of aliphatic carboxylic acids is 1. The number of carboxylic acids is 1. The van der Waals surface area contributed by atoms with Crippen LogP contribution in [0.4, 0.5) is 0 Å². The molecule has 4 nitrogen and oxygen atoms in total. The van der Waals surface area contributed by atoms with Crippen molar-refractivity contribution in [3.63, 3.8) is 0 Å². The number of rotatable bonds is 6. The molecule has 20 heavy (non-hydrogen) atoms. The fraction of sp³-hybridized carbons (Fsp3) is 0.875. The van der Waals surface area contributed by atoms with Gasteiger partial charge in [0.2, 0.25) is 5.91 Å². The second-order valence-electron chi connectivity index (χ2n) is 6.37. The highest BCUT2D eigenvalue weighted by Crippen LogP contribution is 2.25. The maximum Gasteiger partial charge on any atom is 0.308 e. The summed E-state index contributed by atoms with van der Waals surface area (Å²) < 4.78 is 0. The van der Waals surface area contributed by atoms with Crippen LogP contribution >= 0.6 is 0 Å². The average molecular weight is 283 g/mol. The van der Waals surface area contributed by atoms with E-state index in [0.29, 0.717) is 24.7 Å². The van der Waals surface area contributed by atoms with Crippen molar-refractivity contribution < 1.29 is 14.7 Å². The Morgan fingerprint density at radius 2 is 1.85 bits per heavy atom. The van der Waals surface area contributed by atoms with E-state index in [0.717, 1.165) is 32.1 Å². The lowest BCUT2D eigenvalue weighted by Crippen LogP contribution is -2.43. The molecule has 0 spiro atoms. The van der Waals surface area contributed by atoms with E-state index >= 15 is 0 Å². The Kier molecular flexibility index (Phi) is 7.03. The highest BCUT2D eigenvalue weighted by atomic mass is 16.4. The molecule has 1 aliphatic carbocycles. The maximum absolute atomic E-state index is 12.2. The molecule has 4 heteroatoms. The lowest BCUT2D eigenvalue weighted by molar-refractivity contribution is -0.143. The zero-order valence-corrected chi connectivity index (χ0v) is 13.0. The number of carbonyl (C=O) groups is 2. The summed E-state index contributed by atoms with van der Waals surface area (Å²) in [5.41, 5.74) is 0. The summed E-state index contributed by atoms with van der Waals surface area (Å²) in [6.45, 7) is 6.37. The topological polar surface area (TPSA) is 66.4 Å². The van der Waals surface area contributed by atoms with Crippen LogP contribution in [0.15, 0.2) is 0 Å². The predicted molar refractivity (Wildman–Crippen MR) is 79.4 cm³/mol. The predicted octanol–water partition coefficient (Wildman–Crippen LogP) is 3.21. The molecule has 0 bridgehead atoms. The number of carbonyl (C=O) groups excluding carboxylic acids is 1. The first kappa shape index (κ1) is 17.0. The van der Waals surface area contributed by atoms with Crippen LogP contribution in [0.1, 0.15) is 65.7 Å². The largest absolute Gasteiger partial charge is 0.481 e. The van der Waals surface area contributed by atoms with Crippen molar-refractivity contribution in [2.45, 2.75) is 71.8 Å². The van der Waals surface area contributed by atoms with Gasteiger partial charge >= 0.3 is 5.97 Å². The molecular formula is C16H29NO3. The first-order valence-electron chi connectivity index (χ1n) is 7.97. The number of nitrogens with one attached hydrogen (secondary N) is 1. The summed E-state index contributed by atoms with van der Waals surface area (Å²) in [6, 6.07) is -0.188. The van der Waals surface area contributed by atoms with Gasteiger partial charge in [-0.1, -0.05) is 46.5 Å². The summed E-state index contributed by atoms with van der Waals surface area (Å²) in [5, 5.41) is 12.3. The molecule has 1 rings (SSSR count). The molecule has 3 atom stereocenters. The van der Waals surface area contributed by atoms with Gasteiger partial charge in [0.15, 0.2) is 0 Å². The van der Waals surface area contributed by atoms with Crippen molar-refractivity contribution in [1.82, 2.24) is 5.32 Å². The normalized spacial score (nSPS) is 25.0. The summed E-state index contributed by atoms with van der Waals surface area (Å²) >= 11 is 0. The molecule has 0 aromatic heterocycles. The smallest absolute Gasteiger partial charge is 0.308 e. The van der Waals surface area contributed by atoms with E-state index in [2.05, 4.69) is 26.1 Å². The maximum atomic E-state index is 12.2. The highest BCUT2D eigenvalue weighted by molar-refractivity contribution is 5.78. The molecule has 116 valence electrons. The summed E-state index contributed by atoms with van der Waals surface area (Å²) in [6.07, 6.45) is 6.00. The molecule has 0 radical (unpaired) electrons. The molecule has 1 aliphatic rings. The van der Waals surface area contributed by atoms with Crippen molar-refractivity contribution >= 4 is 11.9 Å². The third kappa shape index (κ3) is 5.14. The van der Waals surface area contributed by atoms with Gasteiger partial charge in [0, 0.05) is 12.5 Å². The summed E-state index contributed by atoms with van der Waals surface area (Å²) in [4.78, 5) is 23.5. The Morgan fingerprint density at radius 1 is 1.20 bits per heavy atom. The zero-order valence-electron chi connectivity index (χ0n) is 13.0.